The van der Waals surface area contributed by atoms with E-state index in [1.807, 2.05) is 0 Å². The van der Waals surface area contributed by atoms with Crippen LogP contribution in [-0.2, 0) is 11.3 Å². The van der Waals surface area contributed by atoms with E-state index in [4.69, 9.17) is 4.74 Å². The minimum atomic E-state index is -2.63. The Labute approximate surface area is 141 Å². The number of benzene rings is 1. The molecule has 0 aliphatic carbocycles. The largest absolute Gasteiger partial charge is 0.484 e. The second-order valence-electron chi connectivity index (χ2n) is 5.25. The molecule has 0 saturated carbocycles. The summed E-state index contributed by atoms with van der Waals surface area (Å²) in [5, 5.41) is 3.21. The van der Waals surface area contributed by atoms with Gasteiger partial charge in [-0.3, -0.25) is 4.79 Å². The summed E-state index contributed by atoms with van der Waals surface area (Å²) in [7, 11) is 0. The number of nitrogens with one attached hydrogen (secondary N) is 1. The summed E-state index contributed by atoms with van der Waals surface area (Å²) in [5.74, 6) is -0.641. The number of hydrogen-bond donors (Lipinski definition) is 1. The van der Waals surface area contributed by atoms with Crippen molar-refractivity contribution in [2.24, 2.45) is 0 Å². The lowest BCUT2D eigenvalue weighted by Crippen LogP contribution is -2.20. The maximum absolute atomic E-state index is 13.2. The van der Waals surface area contributed by atoms with Crippen LogP contribution >= 0.6 is 0 Å². The number of halogens is 3. The van der Waals surface area contributed by atoms with Crippen LogP contribution in [0.1, 0.15) is 0 Å². The van der Waals surface area contributed by atoms with Gasteiger partial charge in [-0.1, -0.05) is 0 Å². The Kier molecular flexibility index (Phi) is 4.87. The Morgan fingerprint density at radius 3 is 2.92 bits per heavy atom. The molecule has 5 nitrogen and oxygen atoms in total. The minimum absolute atomic E-state index is 0.0417. The number of anilines is 1. The number of aromatic nitrogens is 2. The highest BCUT2D eigenvalue weighted by molar-refractivity contribution is 5.92. The second-order valence-corrected chi connectivity index (χ2v) is 5.25. The molecule has 25 heavy (non-hydrogen) atoms. The van der Waals surface area contributed by atoms with Crippen molar-refractivity contribution in [1.82, 2.24) is 9.55 Å². The highest BCUT2D eigenvalue weighted by Gasteiger charge is 2.13. The highest BCUT2D eigenvalue weighted by Crippen LogP contribution is 2.22. The van der Waals surface area contributed by atoms with Gasteiger partial charge in [-0.25, -0.2) is 18.2 Å². The van der Waals surface area contributed by atoms with Gasteiger partial charge < -0.3 is 14.6 Å². The highest BCUT2D eigenvalue weighted by atomic mass is 19.3. The van der Waals surface area contributed by atoms with Gasteiger partial charge >= 0.3 is 0 Å². The summed E-state index contributed by atoms with van der Waals surface area (Å²) >= 11 is 0. The fourth-order valence-corrected chi connectivity index (χ4v) is 2.39. The van der Waals surface area contributed by atoms with Crippen molar-refractivity contribution in [3.05, 3.63) is 54.6 Å². The molecule has 0 radical (unpaired) electrons. The zero-order chi connectivity index (χ0) is 17.8. The van der Waals surface area contributed by atoms with E-state index in [1.54, 1.807) is 22.9 Å². The molecule has 1 N–H and O–H groups in total. The average Bonchev–Trinajstić information content (AvgIpc) is 2.95. The summed E-state index contributed by atoms with van der Waals surface area (Å²) < 4.78 is 44.4. The molecule has 0 atom stereocenters. The first-order valence-corrected chi connectivity index (χ1v) is 7.43. The van der Waals surface area contributed by atoms with E-state index in [0.29, 0.717) is 10.9 Å². The summed E-state index contributed by atoms with van der Waals surface area (Å²) in [6.45, 7) is -0.831. The van der Waals surface area contributed by atoms with Crippen LogP contribution in [0.5, 0.6) is 5.75 Å². The van der Waals surface area contributed by atoms with Crippen molar-refractivity contribution in [2.75, 3.05) is 11.9 Å². The first-order chi connectivity index (χ1) is 12.0. The summed E-state index contributed by atoms with van der Waals surface area (Å²) in [6.07, 6.45) is 0.449. The van der Waals surface area contributed by atoms with Crippen LogP contribution in [0, 0.1) is 5.82 Å². The van der Waals surface area contributed by atoms with Crippen LogP contribution in [0.25, 0.3) is 10.9 Å². The molecule has 0 saturated heterocycles. The number of alkyl halides is 2. The Morgan fingerprint density at radius 2 is 2.12 bits per heavy atom. The van der Waals surface area contributed by atoms with Crippen molar-refractivity contribution in [3.63, 3.8) is 0 Å². The number of ether oxygens (including phenoxy) is 1. The zero-order valence-electron chi connectivity index (χ0n) is 13.0. The van der Waals surface area contributed by atoms with E-state index >= 15 is 0 Å². The summed E-state index contributed by atoms with van der Waals surface area (Å²) in [4.78, 5) is 16.2. The molecule has 8 heteroatoms. The lowest BCUT2D eigenvalue weighted by Gasteiger charge is -2.11. The quantitative estimate of drug-likeness (QED) is 0.741. The topological polar surface area (TPSA) is 56.2 Å². The van der Waals surface area contributed by atoms with Crippen LogP contribution in [-0.4, -0.2) is 28.5 Å². The van der Waals surface area contributed by atoms with E-state index in [-0.39, 0.29) is 23.9 Å². The van der Waals surface area contributed by atoms with Gasteiger partial charge in [0.2, 0.25) is 5.91 Å². The van der Waals surface area contributed by atoms with Crippen molar-refractivity contribution in [2.45, 2.75) is 13.0 Å². The zero-order valence-corrected chi connectivity index (χ0v) is 13.0. The Morgan fingerprint density at radius 1 is 1.28 bits per heavy atom. The molecule has 0 aliphatic rings. The van der Waals surface area contributed by atoms with Crippen LogP contribution in [0.2, 0.25) is 0 Å². The third-order valence-electron chi connectivity index (χ3n) is 3.44. The average molecular weight is 349 g/mol. The molecule has 130 valence electrons. The number of rotatable bonds is 6. The smallest absolute Gasteiger partial charge is 0.272 e. The van der Waals surface area contributed by atoms with Crippen LogP contribution in [0.15, 0.2) is 48.8 Å². The molecule has 0 unspecified atom stereocenters. The number of amides is 1. The molecular weight excluding hydrogens is 335 g/mol. The summed E-state index contributed by atoms with van der Waals surface area (Å²) in [5.41, 5.74) is 0.701. The van der Waals surface area contributed by atoms with Gasteiger partial charge in [0, 0.05) is 23.3 Å². The van der Waals surface area contributed by atoms with Gasteiger partial charge in [0.05, 0.1) is 0 Å². The molecule has 0 aliphatic heterocycles. The van der Waals surface area contributed by atoms with Crippen LogP contribution in [0.4, 0.5) is 19.0 Å². The molecule has 1 aromatic carbocycles. The Balaban J connectivity index is 1.72. The maximum atomic E-state index is 13.2. The first-order valence-electron chi connectivity index (χ1n) is 7.43. The normalized spacial score (nSPS) is 11.0. The number of pyridine rings is 1. The maximum Gasteiger partial charge on any atom is 0.272 e. The van der Waals surface area contributed by atoms with Gasteiger partial charge in [0.25, 0.3) is 6.43 Å². The number of nitrogens with zero attached hydrogens (tertiary/aromatic N) is 2. The number of carbonyl (C=O) groups excluding carboxylic acids is 1. The van der Waals surface area contributed by atoms with Crippen molar-refractivity contribution >= 4 is 22.6 Å². The molecular formula is C17H14F3N3O2. The Bertz CT molecular complexity index is 896. The van der Waals surface area contributed by atoms with Gasteiger partial charge in [-0.2, -0.15) is 0 Å². The van der Waals surface area contributed by atoms with E-state index < -0.39 is 18.9 Å². The predicted octanol–water partition coefficient (Wildman–Crippen LogP) is 3.46. The fourth-order valence-electron chi connectivity index (χ4n) is 2.39. The standard InChI is InChI=1S/C17H14F3N3O2/c18-12-3-4-13-11(8-12)5-7-23(13)9-16(24)22-17-14(2-1-6-21-17)25-10-15(19)20/h1-8,15H,9-10H2,(H,21,22,24). The van der Waals surface area contributed by atoms with E-state index in [0.717, 1.165) is 0 Å². The van der Waals surface area contributed by atoms with Crippen molar-refractivity contribution < 1.29 is 22.7 Å². The number of fused-ring (bicyclic) bond motifs is 1. The number of carbonyl (C=O) groups is 1. The van der Waals surface area contributed by atoms with E-state index in [2.05, 4.69) is 10.3 Å². The number of hydrogen-bond acceptors (Lipinski definition) is 3. The molecule has 0 fully saturated rings. The van der Waals surface area contributed by atoms with Crippen LogP contribution in [0.3, 0.4) is 0 Å². The Hall–Kier alpha value is -3.03. The summed E-state index contributed by atoms with van der Waals surface area (Å²) in [6, 6.07) is 8.92. The van der Waals surface area contributed by atoms with Gasteiger partial charge in [0.1, 0.15) is 19.0 Å². The van der Waals surface area contributed by atoms with Gasteiger partial charge in [-0.05, 0) is 36.4 Å². The lowest BCUT2D eigenvalue weighted by molar-refractivity contribution is -0.116. The monoisotopic (exact) mass is 349 g/mol. The molecule has 3 rings (SSSR count). The molecule has 3 aromatic rings. The molecule has 2 aromatic heterocycles. The third kappa shape index (κ3) is 4.09. The third-order valence-corrected chi connectivity index (χ3v) is 3.44. The molecule has 2 heterocycles. The molecule has 0 bridgehead atoms. The molecule has 0 spiro atoms. The predicted molar refractivity (Wildman–Crippen MR) is 86.3 cm³/mol. The van der Waals surface area contributed by atoms with E-state index in [1.165, 1.54) is 30.5 Å². The van der Waals surface area contributed by atoms with Crippen molar-refractivity contribution in [1.29, 1.82) is 0 Å². The molecule has 1 amide bonds. The SMILES string of the molecule is O=C(Cn1ccc2cc(F)ccc21)Nc1ncccc1OCC(F)F. The van der Waals surface area contributed by atoms with Crippen molar-refractivity contribution in [3.8, 4) is 5.75 Å². The lowest BCUT2D eigenvalue weighted by atomic mass is 10.2. The first kappa shape index (κ1) is 16.8. The fraction of sp³-hybridized carbons (Fsp3) is 0.176. The van der Waals surface area contributed by atoms with E-state index in [9.17, 15) is 18.0 Å². The van der Waals surface area contributed by atoms with Gasteiger partial charge in [-0.15, -0.1) is 0 Å². The minimum Gasteiger partial charge on any atom is -0.484 e. The van der Waals surface area contributed by atoms with Gasteiger partial charge in [0.15, 0.2) is 11.6 Å². The second kappa shape index (κ2) is 7.25. The van der Waals surface area contributed by atoms with Crippen LogP contribution < -0.4 is 10.1 Å².